The van der Waals surface area contributed by atoms with Crippen LogP contribution in [0.4, 0.5) is 5.82 Å². The van der Waals surface area contributed by atoms with Crippen molar-refractivity contribution in [2.45, 2.75) is 52.2 Å². The van der Waals surface area contributed by atoms with Crippen molar-refractivity contribution in [2.24, 2.45) is 5.92 Å². The van der Waals surface area contributed by atoms with Crippen LogP contribution in [-0.4, -0.2) is 69.8 Å². The number of rotatable bonds is 5. The zero-order valence-electron chi connectivity index (χ0n) is 17.3. The van der Waals surface area contributed by atoms with Crippen molar-refractivity contribution in [3.63, 3.8) is 0 Å². The molecule has 4 rings (SSSR count). The third-order valence-corrected chi connectivity index (χ3v) is 5.88. The van der Waals surface area contributed by atoms with Gasteiger partial charge in [0.1, 0.15) is 0 Å². The highest BCUT2D eigenvalue weighted by molar-refractivity contribution is 5.40. The van der Waals surface area contributed by atoms with E-state index in [4.69, 9.17) is 4.74 Å². The third kappa shape index (κ3) is 4.70. The number of ether oxygens (including phenoxy) is 1. The Kier molecular flexibility index (Phi) is 5.92. The Bertz CT molecular complexity index is 743. The van der Waals surface area contributed by atoms with Crippen LogP contribution in [0.25, 0.3) is 5.82 Å². The third-order valence-electron chi connectivity index (χ3n) is 5.88. The highest BCUT2D eigenvalue weighted by Gasteiger charge is 2.25. The van der Waals surface area contributed by atoms with Crippen LogP contribution in [0.15, 0.2) is 24.4 Å². The molecule has 2 aliphatic rings. The number of hydrogen-bond acceptors (Lipinski definition) is 6. The van der Waals surface area contributed by atoms with Gasteiger partial charge in [-0.05, 0) is 70.7 Å². The zero-order chi connectivity index (χ0) is 19.5. The minimum Gasteiger partial charge on any atom is -0.373 e. The molecule has 28 heavy (non-hydrogen) atoms. The maximum absolute atomic E-state index is 5.84. The molecule has 2 unspecified atom stereocenters. The molecule has 7 heteroatoms. The summed E-state index contributed by atoms with van der Waals surface area (Å²) in [5.74, 6) is 2.55. The van der Waals surface area contributed by atoms with E-state index >= 15 is 0 Å². The van der Waals surface area contributed by atoms with Gasteiger partial charge in [-0.15, -0.1) is 10.2 Å². The minimum atomic E-state index is 0.359. The lowest BCUT2D eigenvalue weighted by Crippen LogP contribution is -2.46. The Labute approximate surface area is 167 Å². The summed E-state index contributed by atoms with van der Waals surface area (Å²) in [6.45, 7) is 11.8. The summed E-state index contributed by atoms with van der Waals surface area (Å²) in [6.07, 6.45) is 6.39. The molecule has 4 heterocycles. The summed E-state index contributed by atoms with van der Waals surface area (Å²) < 4.78 is 7.61. The molecule has 0 aromatic carbocycles. The van der Waals surface area contributed by atoms with Gasteiger partial charge in [0.15, 0.2) is 11.6 Å². The maximum atomic E-state index is 5.84. The normalized spacial score (nSPS) is 24.6. The Morgan fingerprint density at radius 1 is 1.00 bits per heavy atom. The largest absolute Gasteiger partial charge is 0.373 e. The Morgan fingerprint density at radius 2 is 1.68 bits per heavy atom. The van der Waals surface area contributed by atoms with Crippen LogP contribution in [0.5, 0.6) is 0 Å². The van der Waals surface area contributed by atoms with Gasteiger partial charge in [-0.25, -0.2) is 4.68 Å². The standard InChI is InChI=1S/C21H32N6O/c1-16-6-13-27(24-16)21-5-4-20(22-23-21)26-11-8-19(9-12-26)7-10-25-14-17(2)28-18(3)15-25/h4-6,13,17-19H,7-12,14-15H2,1-3H3. The molecule has 0 radical (unpaired) electrons. The van der Waals surface area contributed by atoms with E-state index < -0.39 is 0 Å². The Hall–Kier alpha value is -1.99. The molecule has 2 saturated heterocycles. The van der Waals surface area contributed by atoms with Crippen LogP contribution < -0.4 is 4.90 Å². The van der Waals surface area contributed by atoms with E-state index in [2.05, 4.69) is 45.0 Å². The van der Waals surface area contributed by atoms with Crippen molar-refractivity contribution in [1.82, 2.24) is 24.9 Å². The number of aryl methyl sites for hydroxylation is 1. The van der Waals surface area contributed by atoms with Gasteiger partial charge in [0, 0.05) is 32.4 Å². The highest BCUT2D eigenvalue weighted by atomic mass is 16.5. The minimum absolute atomic E-state index is 0.359. The van der Waals surface area contributed by atoms with E-state index in [-0.39, 0.29) is 0 Å². The highest BCUT2D eigenvalue weighted by Crippen LogP contribution is 2.25. The van der Waals surface area contributed by atoms with Gasteiger partial charge < -0.3 is 9.64 Å². The molecule has 7 nitrogen and oxygen atoms in total. The molecule has 2 aromatic rings. The first kappa shape index (κ1) is 19.3. The molecule has 0 amide bonds. The number of aromatic nitrogens is 4. The van der Waals surface area contributed by atoms with Crippen molar-refractivity contribution in [2.75, 3.05) is 37.6 Å². The second-order valence-electron chi connectivity index (χ2n) is 8.39. The Morgan fingerprint density at radius 3 is 2.29 bits per heavy atom. The van der Waals surface area contributed by atoms with Crippen molar-refractivity contribution in [3.8, 4) is 5.82 Å². The number of nitrogens with zero attached hydrogens (tertiary/aromatic N) is 6. The molecule has 2 aliphatic heterocycles. The van der Waals surface area contributed by atoms with Crippen LogP contribution in [0.3, 0.4) is 0 Å². The molecule has 2 fully saturated rings. The summed E-state index contributed by atoms with van der Waals surface area (Å²) >= 11 is 0. The zero-order valence-corrected chi connectivity index (χ0v) is 17.3. The van der Waals surface area contributed by atoms with Crippen LogP contribution in [0.2, 0.25) is 0 Å². The molecule has 152 valence electrons. The van der Waals surface area contributed by atoms with Crippen molar-refractivity contribution >= 4 is 5.82 Å². The number of piperidine rings is 1. The molecule has 2 aromatic heterocycles. The van der Waals surface area contributed by atoms with Gasteiger partial charge in [0.25, 0.3) is 0 Å². The van der Waals surface area contributed by atoms with Crippen molar-refractivity contribution in [3.05, 3.63) is 30.1 Å². The summed E-state index contributed by atoms with van der Waals surface area (Å²) in [7, 11) is 0. The average Bonchev–Trinajstić information content (AvgIpc) is 3.13. The molecule has 0 spiro atoms. The van der Waals surface area contributed by atoms with Crippen LogP contribution in [0, 0.1) is 12.8 Å². The summed E-state index contributed by atoms with van der Waals surface area (Å²) in [4.78, 5) is 4.94. The fourth-order valence-electron chi connectivity index (χ4n) is 4.43. The summed E-state index contributed by atoms with van der Waals surface area (Å²) in [5.41, 5.74) is 0.981. The molecule has 0 N–H and O–H groups in total. The van der Waals surface area contributed by atoms with E-state index in [0.29, 0.717) is 12.2 Å². The fourth-order valence-corrected chi connectivity index (χ4v) is 4.43. The number of morpholine rings is 1. The van der Waals surface area contributed by atoms with Gasteiger partial charge >= 0.3 is 0 Å². The molecule has 2 atom stereocenters. The topological polar surface area (TPSA) is 59.3 Å². The lowest BCUT2D eigenvalue weighted by atomic mass is 9.93. The lowest BCUT2D eigenvalue weighted by molar-refractivity contribution is -0.0690. The second-order valence-corrected chi connectivity index (χ2v) is 8.39. The average molecular weight is 385 g/mol. The fraction of sp³-hybridized carbons (Fsp3) is 0.667. The number of hydrogen-bond donors (Lipinski definition) is 0. The van der Waals surface area contributed by atoms with E-state index in [9.17, 15) is 0 Å². The van der Waals surface area contributed by atoms with Gasteiger partial charge in [0.05, 0.1) is 17.9 Å². The first-order valence-corrected chi connectivity index (χ1v) is 10.6. The van der Waals surface area contributed by atoms with Crippen molar-refractivity contribution < 1.29 is 4.74 Å². The summed E-state index contributed by atoms with van der Waals surface area (Å²) in [5, 5.41) is 13.2. The van der Waals surface area contributed by atoms with Gasteiger partial charge in [-0.2, -0.15) is 5.10 Å². The van der Waals surface area contributed by atoms with Crippen molar-refractivity contribution in [1.29, 1.82) is 0 Å². The van der Waals surface area contributed by atoms with Gasteiger partial charge in [-0.3, -0.25) is 4.90 Å². The quantitative estimate of drug-likeness (QED) is 0.790. The lowest BCUT2D eigenvalue weighted by Gasteiger charge is -2.37. The van der Waals surface area contributed by atoms with E-state index in [0.717, 1.165) is 49.4 Å². The van der Waals surface area contributed by atoms with Gasteiger partial charge in [-0.1, -0.05) is 0 Å². The predicted molar refractivity (Wildman–Crippen MR) is 110 cm³/mol. The monoisotopic (exact) mass is 384 g/mol. The first-order valence-electron chi connectivity index (χ1n) is 10.6. The first-order chi connectivity index (χ1) is 13.6. The van der Waals surface area contributed by atoms with Gasteiger partial charge in [0.2, 0.25) is 0 Å². The maximum Gasteiger partial charge on any atom is 0.175 e. The molecule has 0 aliphatic carbocycles. The van der Waals surface area contributed by atoms with E-state index in [1.54, 1.807) is 4.68 Å². The molecular weight excluding hydrogens is 352 g/mol. The predicted octanol–water partition coefficient (Wildman–Crippen LogP) is 2.69. The molecule has 0 saturated carbocycles. The number of anilines is 1. The van der Waals surface area contributed by atoms with Crippen LogP contribution in [0.1, 0.15) is 38.8 Å². The van der Waals surface area contributed by atoms with E-state index in [1.807, 2.05) is 25.3 Å². The SMILES string of the molecule is Cc1ccn(-c2ccc(N3CCC(CCN4CC(C)OC(C)C4)CC3)nn2)n1. The summed E-state index contributed by atoms with van der Waals surface area (Å²) in [6, 6.07) is 6.04. The molecule has 0 bridgehead atoms. The smallest absolute Gasteiger partial charge is 0.175 e. The molecular formula is C21H32N6O. The Balaban J connectivity index is 1.25. The van der Waals surface area contributed by atoms with E-state index in [1.165, 1.54) is 25.8 Å². The van der Waals surface area contributed by atoms with Crippen LogP contribution >= 0.6 is 0 Å². The second kappa shape index (κ2) is 8.57. The van der Waals surface area contributed by atoms with Crippen LogP contribution in [-0.2, 0) is 4.74 Å².